The highest BCUT2D eigenvalue weighted by Crippen LogP contribution is 2.38. The molecule has 3 amide bonds. The first-order valence-electron chi connectivity index (χ1n) is 16.8. The number of carbonyl (C=O) groups is 3. The molecule has 0 aliphatic carbocycles. The van der Waals surface area contributed by atoms with E-state index in [1.54, 1.807) is 17.3 Å². The van der Waals surface area contributed by atoms with Gasteiger partial charge in [0.25, 0.3) is 5.91 Å². The molecule has 7 rings (SSSR count). The van der Waals surface area contributed by atoms with Crippen molar-refractivity contribution < 1.29 is 24.2 Å². The van der Waals surface area contributed by atoms with Crippen LogP contribution in [0.3, 0.4) is 0 Å². The first-order chi connectivity index (χ1) is 24.2. The number of carbonyl (C=O) groups excluding carboxylic acids is 2. The molecule has 0 unspecified atom stereocenters. The molecular formula is C38H39N7O5. The van der Waals surface area contributed by atoms with Gasteiger partial charge in [-0.15, -0.1) is 0 Å². The molecule has 2 aromatic heterocycles. The summed E-state index contributed by atoms with van der Waals surface area (Å²) < 4.78 is 4.81. The zero-order valence-electron chi connectivity index (χ0n) is 27.9. The number of methoxy groups -OCH3 is 1. The number of aromatic nitrogens is 4. The van der Waals surface area contributed by atoms with Crippen LogP contribution in [0.15, 0.2) is 91.3 Å². The number of carboxylic acid groups (broad SMARTS) is 1. The Morgan fingerprint density at radius 1 is 0.860 bits per heavy atom. The summed E-state index contributed by atoms with van der Waals surface area (Å²) in [6, 6.07) is 24.4. The Morgan fingerprint density at radius 3 is 2.12 bits per heavy atom. The number of hydrogen-bond acceptors (Lipinski definition) is 6. The summed E-state index contributed by atoms with van der Waals surface area (Å²) in [6.45, 7) is 2.99. The summed E-state index contributed by atoms with van der Waals surface area (Å²) in [5, 5.41) is 12.4. The minimum Gasteiger partial charge on any atom is -0.465 e. The van der Waals surface area contributed by atoms with E-state index in [9.17, 15) is 19.5 Å². The fraction of sp³-hybridized carbons (Fsp3) is 0.289. The van der Waals surface area contributed by atoms with Crippen LogP contribution < -0.4 is 5.32 Å². The third kappa shape index (κ3) is 6.20. The number of imidazole rings is 2. The van der Waals surface area contributed by atoms with Crippen LogP contribution in [0.2, 0.25) is 0 Å². The second-order valence-corrected chi connectivity index (χ2v) is 13.0. The van der Waals surface area contributed by atoms with Crippen LogP contribution in [0.25, 0.3) is 33.6 Å². The molecule has 4 N–H and O–H groups in total. The Labute approximate surface area is 289 Å². The molecule has 256 valence electrons. The van der Waals surface area contributed by atoms with Gasteiger partial charge in [0.2, 0.25) is 0 Å². The van der Waals surface area contributed by atoms with Crippen molar-refractivity contribution in [3.63, 3.8) is 0 Å². The molecule has 5 aromatic rings. The van der Waals surface area contributed by atoms with E-state index in [1.807, 2.05) is 61.5 Å². The van der Waals surface area contributed by atoms with Crippen molar-refractivity contribution in [3.8, 4) is 33.6 Å². The van der Waals surface area contributed by atoms with Crippen LogP contribution in [-0.4, -0.2) is 73.1 Å². The van der Waals surface area contributed by atoms with Gasteiger partial charge >= 0.3 is 12.2 Å². The maximum Gasteiger partial charge on any atom is 0.408 e. The lowest BCUT2D eigenvalue weighted by Gasteiger charge is -2.31. The summed E-state index contributed by atoms with van der Waals surface area (Å²) in [7, 11) is 1.28. The second-order valence-electron chi connectivity index (χ2n) is 13.0. The Kier molecular flexibility index (Phi) is 8.83. The number of alkyl carbamates (subject to hydrolysis) is 1. The normalized spacial score (nSPS) is 19.4. The molecule has 2 fully saturated rings. The fourth-order valence-electron chi connectivity index (χ4n) is 7.19. The van der Waals surface area contributed by atoms with Crippen molar-refractivity contribution in [3.05, 3.63) is 108 Å². The molecule has 4 heterocycles. The first-order valence-corrected chi connectivity index (χ1v) is 16.8. The van der Waals surface area contributed by atoms with E-state index in [4.69, 9.17) is 4.74 Å². The predicted molar refractivity (Wildman–Crippen MR) is 187 cm³/mol. The van der Waals surface area contributed by atoms with Gasteiger partial charge in [-0.05, 0) is 60.4 Å². The molecule has 0 saturated carbocycles. The molecular weight excluding hydrogens is 634 g/mol. The second kappa shape index (κ2) is 13.5. The minimum absolute atomic E-state index is 0.210. The molecule has 12 nitrogen and oxygen atoms in total. The standard InChI is InChI=1S/C38H39N7O5/c1-38(19-7-21-45(38)37(48)49)35-40-23-30(42-35)27-17-13-25(14-18-27)24-11-15-26(16-12-24)29-22-39-33(41-29)31-10-6-20-44(31)34(46)32(43-36(47)50-2)28-8-4-3-5-9-28/h3-5,8-9,11-18,22-23,31-32H,6-7,10,19-21H2,1-2H3,(H,39,41)(H,40,42)(H,43,47)(H,48,49)/t31-,32+,38-/m0/s1. The van der Waals surface area contributed by atoms with Gasteiger partial charge in [-0.3, -0.25) is 9.69 Å². The largest absolute Gasteiger partial charge is 0.465 e. The van der Waals surface area contributed by atoms with Gasteiger partial charge in [0.05, 0.1) is 36.9 Å². The summed E-state index contributed by atoms with van der Waals surface area (Å²) in [5.41, 5.74) is 5.75. The minimum atomic E-state index is -0.928. The molecule has 50 heavy (non-hydrogen) atoms. The van der Waals surface area contributed by atoms with Crippen molar-refractivity contribution in [1.29, 1.82) is 0 Å². The predicted octanol–water partition coefficient (Wildman–Crippen LogP) is 6.88. The van der Waals surface area contributed by atoms with E-state index in [0.717, 1.165) is 59.3 Å². The third-order valence-corrected chi connectivity index (χ3v) is 9.96. The maximum absolute atomic E-state index is 13.8. The molecule has 2 aliphatic rings. The van der Waals surface area contributed by atoms with Gasteiger partial charge in [0.1, 0.15) is 23.2 Å². The average molecular weight is 674 g/mol. The smallest absolute Gasteiger partial charge is 0.408 e. The number of ether oxygens (including phenoxy) is 1. The van der Waals surface area contributed by atoms with Gasteiger partial charge in [0.15, 0.2) is 0 Å². The number of likely N-dealkylation sites (tertiary alicyclic amines) is 2. The van der Waals surface area contributed by atoms with E-state index in [0.29, 0.717) is 30.3 Å². The molecule has 0 bridgehead atoms. The van der Waals surface area contributed by atoms with Crippen LogP contribution in [0, 0.1) is 0 Å². The monoisotopic (exact) mass is 673 g/mol. The van der Waals surface area contributed by atoms with Crippen molar-refractivity contribution in [2.75, 3.05) is 20.2 Å². The van der Waals surface area contributed by atoms with Crippen molar-refractivity contribution in [1.82, 2.24) is 35.1 Å². The number of nitrogens with one attached hydrogen (secondary N) is 3. The molecule has 3 aromatic carbocycles. The lowest BCUT2D eigenvalue weighted by atomic mass is 9.98. The molecule has 12 heteroatoms. The Balaban J connectivity index is 1.04. The highest BCUT2D eigenvalue weighted by atomic mass is 16.5. The van der Waals surface area contributed by atoms with Crippen molar-refractivity contribution in [2.24, 2.45) is 0 Å². The highest BCUT2D eigenvalue weighted by Gasteiger charge is 2.43. The quantitative estimate of drug-likeness (QED) is 0.140. The SMILES string of the molecule is COC(=O)N[C@@H](C(=O)N1CCC[C@H]1c1ncc(-c2ccc(-c3ccc(-c4cnc([C@]5(C)CCCN5C(=O)O)[nH]4)cc3)cc2)[nH]1)c1ccccc1. The molecule has 0 spiro atoms. The number of aromatic amines is 2. The van der Waals surface area contributed by atoms with Crippen LogP contribution in [0.5, 0.6) is 0 Å². The first kappa shape index (κ1) is 32.6. The van der Waals surface area contributed by atoms with Crippen molar-refractivity contribution in [2.45, 2.75) is 50.2 Å². The number of benzene rings is 3. The fourth-order valence-corrected chi connectivity index (χ4v) is 7.19. The van der Waals surface area contributed by atoms with E-state index >= 15 is 0 Å². The number of hydrogen-bond donors (Lipinski definition) is 4. The molecule has 2 saturated heterocycles. The Bertz CT molecular complexity index is 1990. The lowest BCUT2D eigenvalue weighted by Crippen LogP contribution is -2.42. The summed E-state index contributed by atoms with van der Waals surface area (Å²) >= 11 is 0. The number of rotatable bonds is 8. The number of nitrogens with zero attached hydrogens (tertiary/aromatic N) is 4. The third-order valence-electron chi connectivity index (χ3n) is 9.96. The number of H-pyrrole nitrogens is 2. The van der Waals surface area contributed by atoms with Crippen molar-refractivity contribution >= 4 is 18.1 Å². The average Bonchev–Trinajstić information content (AvgIpc) is 3.97. The number of amides is 3. The zero-order chi connectivity index (χ0) is 34.8. The molecule has 0 radical (unpaired) electrons. The molecule has 2 aliphatic heterocycles. The van der Waals surface area contributed by atoms with Crippen LogP contribution >= 0.6 is 0 Å². The van der Waals surface area contributed by atoms with Crippen LogP contribution in [0.1, 0.15) is 61.9 Å². The summed E-state index contributed by atoms with van der Waals surface area (Å²) in [4.78, 5) is 57.1. The van der Waals surface area contributed by atoms with E-state index in [1.165, 1.54) is 12.0 Å². The van der Waals surface area contributed by atoms with E-state index < -0.39 is 23.8 Å². The summed E-state index contributed by atoms with van der Waals surface area (Å²) in [6.07, 6.45) is 5.08. The van der Waals surface area contributed by atoms with Crippen LogP contribution in [0.4, 0.5) is 9.59 Å². The van der Waals surface area contributed by atoms with Gasteiger partial charge in [-0.1, -0.05) is 78.9 Å². The topological polar surface area (TPSA) is 157 Å². The van der Waals surface area contributed by atoms with E-state index in [2.05, 4.69) is 49.5 Å². The van der Waals surface area contributed by atoms with Gasteiger partial charge < -0.3 is 30.0 Å². The van der Waals surface area contributed by atoms with Crippen LogP contribution in [-0.2, 0) is 15.1 Å². The Morgan fingerprint density at radius 2 is 1.48 bits per heavy atom. The van der Waals surface area contributed by atoms with Gasteiger partial charge in [-0.2, -0.15) is 0 Å². The van der Waals surface area contributed by atoms with Gasteiger partial charge in [0, 0.05) is 13.1 Å². The zero-order valence-corrected chi connectivity index (χ0v) is 27.9. The maximum atomic E-state index is 13.8. The van der Waals surface area contributed by atoms with E-state index in [-0.39, 0.29) is 11.9 Å². The Hall–Kier alpha value is -5.91. The highest BCUT2D eigenvalue weighted by molar-refractivity contribution is 5.87. The van der Waals surface area contributed by atoms with Gasteiger partial charge in [-0.25, -0.2) is 19.6 Å². The lowest BCUT2D eigenvalue weighted by molar-refractivity contribution is -0.134. The summed E-state index contributed by atoms with van der Waals surface area (Å²) in [5.74, 6) is 1.15. The molecule has 3 atom stereocenters.